The van der Waals surface area contributed by atoms with Gasteiger partial charge in [0.25, 0.3) is 0 Å². The SMILES string of the molecule is CN(C)C(=O)ON=Cc1ccc(N2CCCCC2)cc1. The van der Waals surface area contributed by atoms with E-state index in [0.29, 0.717) is 0 Å². The monoisotopic (exact) mass is 275 g/mol. The maximum atomic E-state index is 11.2. The maximum absolute atomic E-state index is 11.2. The van der Waals surface area contributed by atoms with Crippen LogP contribution in [0.1, 0.15) is 24.8 Å². The lowest BCUT2D eigenvalue weighted by atomic mass is 10.1. The Morgan fingerprint density at radius 3 is 2.45 bits per heavy atom. The minimum Gasteiger partial charge on any atom is -0.372 e. The van der Waals surface area contributed by atoms with Crippen molar-refractivity contribution in [1.29, 1.82) is 0 Å². The van der Waals surface area contributed by atoms with Gasteiger partial charge in [-0.1, -0.05) is 17.3 Å². The predicted octanol–water partition coefficient (Wildman–Crippen LogP) is 2.71. The Balaban J connectivity index is 1.91. The Morgan fingerprint density at radius 2 is 1.85 bits per heavy atom. The van der Waals surface area contributed by atoms with E-state index in [-0.39, 0.29) is 0 Å². The molecule has 1 aromatic rings. The van der Waals surface area contributed by atoms with Crippen LogP contribution in [-0.2, 0) is 4.84 Å². The third-order valence-electron chi connectivity index (χ3n) is 3.31. The summed E-state index contributed by atoms with van der Waals surface area (Å²) in [6, 6.07) is 8.13. The van der Waals surface area contributed by atoms with Gasteiger partial charge in [0, 0.05) is 32.9 Å². The van der Waals surface area contributed by atoms with E-state index in [1.807, 2.05) is 12.1 Å². The standard InChI is InChI=1S/C15H21N3O2/c1-17(2)15(19)20-16-12-13-6-8-14(9-7-13)18-10-4-3-5-11-18/h6-9,12H,3-5,10-11H2,1-2H3. The van der Waals surface area contributed by atoms with Crippen molar-refractivity contribution in [3.05, 3.63) is 29.8 Å². The number of carbonyl (C=O) groups excluding carboxylic acids is 1. The Labute approximate surface area is 119 Å². The first-order valence-electron chi connectivity index (χ1n) is 6.93. The number of nitrogens with zero attached hydrogens (tertiary/aromatic N) is 3. The van der Waals surface area contributed by atoms with Crippen LogP contribution in [0, 0.1) is 0 Å². The number of rotatable bonds is 3. The summed E-state index contributed by atoms with van der Waals surface area (Å²) in [5.74, 6) is 0. The molecule has 0 saturated carbocycles. The maximum Gasteiger partial charge on any atom is 0.435 e. The van der Waals surface area contributed by atoms with Crippen molar-refractivity contribution in [3.63, 3.8) is 0 Å². The molecule has 0 atom stereocenters. The van der Waals surface area contributed by atoms with Gasteiger partial charge in [-0.05, 0) is 37.0 Å². The summed E-state index contributed by atoms with van der Waals surface area (Å²) in [5.41, 5.74) is 2.16. The number of amides is 1. The van der Waals surface area contributed by atoms with Crippen LogP contribution in [0.25, 0.3) is 0 Å². The van der Waals surface area contributed by atoms with Crippen LogP contribution in [0.3, 0.4) is 0 Å². The van der Waals surface area contributed by atoms with Crippen molar-refractivity contribution in [1.82, 2.24) is 4.90 Å². The number of benzene rings is 1. The molecule has 1 aliphatic rings. The average molecular weight is 275 g/mol. The van der Waals surface area contributed by atoms with Crippen molar-refractivity contribution in [2.24, 2.45) is 5.16 Å². The smallest absolute Gasteiger partial charge is 0.372 e. The van der Waals surface area contributed by atoms with E-state index in [1.165, 1.54) is 29.8 Å². The zero-order valence-electron chi connectivity index (χ0n) is 12.1. The molecule has 0 aromatic heterocycles. The van der Waals surface area contributed by atoms with Gasteiger partial charge in [-0.25, -0.2) is 4.79 Å². The second-order valence-electron chi connectivity index (χ2n) is 5.13. The molecule has 1 aliphatic heterocycles. The van der Waals surface area contributed by atoms with Gasteiger partial charge in [0.2, 0.25) is 0 Å². The number of carbonyl (C=O) groups is 1. The fraction of sp³-hybridized carbons (Fsp3) is 0.467. The highest BCUT2D eigenvalue weighted by molar-refractivity contribution is 5.80. The van der Waals surface area contributed by atoms with E-state index in [0.717, 1.165) is 18.7 Å². The first kappa shape index (κ1) is 14.4. The van der Waals surface area contributed by atoms with Crippen molar-refractivity contribution in [2.75, 3.05) is 32.1 Å². The molecule has 0 radical (unpaired) electrons. The van der Waals surface area contributed by atoms with Crippen molar-refractivity contribution in [2.45, 2.75) is 19.3 Å². The van der Waals surface area contributed by atoms with E-state index in [1.54, 1.807) is 20.3 Å². The van der Waals surface area contributed by atoms with Crippen LogP contribution in [0.15, 0.2) is 29.4 Å². The minimum absolute atomic E-state index is 0.480. The molecule has 5 heteroatoms. The average Bonchev–Trinajstić information content (AvgIpc) is 2.48. The van der Waals surface area contributed by atoms with E-state index >= 15 is 0 Å². The molecule has 1 aromatic carbocycles. The van der Waals surface area contributed by atoms with Crippen LogP contribution >= 0.6 is 0 Å². The molecule has 108 valence electrons. The molecule has 2 rings (SSSR count). The van der Waals surface area contributed by atoms with Gasteiger partial charge < -0.3 is 9.80 Å². The molecule has 0 spiro atoms. The summed E-state index contributed by atoms with van der Waals surface area (Å²) in [6.45, 7) is 2.27. The summed E-state index contributed by atoms with van der Waals surface area (Å²) in [7, 11) is 3.23. The molecule has 1 saturated heterocycles. The van der Waals surface area contributed by atoms with Gasteiger partial charge in [-0.2, -0.15) is 0 Å². The number of hydrogen-bond donors (Lipinski definition) is 0. The molecule has 0 bridgehead atoms. The number of hydrogen-bond acceptors (Lipinski definition) is 4. The molecular formula is C15H21N3O2. The lowest BCUT2D eigenvalue weighted by Crippen LogP contribution is -2.29. The van der Waals surface area contributed by atoms with Gasteiger partial charge >= 0.3 is 6.09 Å². The van der Waals surface area contributed by atoms with E-state index < -0.39 is 6.09 Å². The van der Waals surface area contributed by atoms with Crippen LogP contribution < -0.4 is 4.90 Å². The summed E-state index contributed by atoms with van der Waals surface area (Å²) in [4.78, 5) is 19.6. The van der Waals surface area contributed by atoms with Crippen LogP contribution in [0.4, 0.5) is 10.5 Å². The topological polar surface area (TPSA) is 45.1 Å². The third kappa shape index (κ3) is 3.98. The second kappa shape index (κ2) is 6.93. The summed E-state index contributed by atoms with van der Waals surface area (Å²) in [6.07, 6.45) is 4.93. The Bertz CT molecular complexity index is 463. The highest BCUT2D eigenvalue weighted by Crippen LogP contribution is 2.19. The summed E-state index contributed by atoms with van der Waals surface area (Å²) >= 11 is 0. The quantitative estimate of drug-likeness (QED) is 0.484. The number of piperidine rings is 1. The van der Waals surface area contributed by atoms with Gasteiger partial charge in [0.05, 0.1) is 6.21 Å². The molecule has 20 heavy (non-hydrogen) atoms. The Morgan fingerprint density at radius 1 is 1.20 bits per heavy atom. The highest BCUT2D eigenvalue weighted by Gasteiger charge is 2.10. The van der Waals surface area contributed by atoms with Crippen LogP contribution in [0.5, 0.6) is 0 Å². The number of anilines is 1. The second-order valence-corrected chi connectivity index (χ2v) is 5.13. The minimum atomic E-state index is -0.480. The first-order chi connectivity index (χ1) is 9.66. The molecule has 1 amide bonds. The molecule has 1 fully saturated rings. The predicted molar refractivity (Wildman–Crippen MR) is 80.3 cm³/mol. The lowest BCUT2D eigenvalue weighted by Gasteiger charge is -2.28. The normalized spacial score (nSPS) is 15.4. The Kier molecular flexibility index (Phi) is 4.98. The van der Waals surface area contributed by atoms with Gasteiger partial charge in [0.15, 0.2) is 0 Å². The van der Waals surface area contributed by atoms with E-state index in [4.69, 9.17) is 4.84 Å². The fourth-order valence-electron chi connectivity index (χ4n) is 2.14. The van der Waals surface area contributed by atoms with Crippen LogP contribution in [0.2, 0.25) is 0 Å². The first-order valence-corrected chi connectivity index (χ1v) is 6.93. The fourth-order valence-corrected chi connectivity index (χ4v) is 2.14. The zero-order valence-corrected chi connectivity index (χ0v) is 12.1. The van der Waals surface area contributed by atoms with Crippen molar-refractivity contribution >= 4 is 18.0 Å². The third-order valence-corrected chi connectivity index (χ3v) is 3.31. The van der Waals surface area contributed by atoms with Crippen molar-refractivity contribution in [3.8, 4) is 0 Å². The summed E-state index contributed by atoms with van der Waals surface area (Å²) in [5, 5.41) is 3.68. The summed E-state index contributed by atoms with van der Waals surface area (Å²) < 4.78 is 0. The number of oxime groups is 1. The van der Waals surface area contributed by atoms with E-state index in [2.05, 4.69) is 22.2 Å². The van der Waals surface area contributed by atoms with E-state index in [9.17, 15) is 4.79 Å². The Hall–Kier alpha value is -2.04. The van der Waals surface area contributed by atoms with Crippen LogP contribution in [-0.4, -0.2) is 44.4 Å². The molecule has 0 aliphatic carbocycles. The van der Waals surface area contributed by atoms with Crippen molar-refractivity contribution < 1.29 is 9.63 Å². The molecule has 0 N–H and O–H groups in total. The highest BCUT2D eigenvalue weighted by atomic mass is 16.7. The van der Waals surface area contributed by atoms with Gasteiger partial charge in [0.1, 0.15) is 0 Å². The molecule has 1 heterocycles. The molecule has 0 unspecified atom stereocenters. The molecule has 5 nitrogen and oxygen atoms in total. The zero-order chi connectivity index (χ0) is 14.4. The van der Waals surface area contributed by atoms with Gasteiger partial charge in [-0.15, -0.1) is 0 Å². The van der Waals surface area contributed by atoms with Gasteiger partial charge in [-0.3, -0.25) is 4.84 Å². The lowest BCUT2D eigenvalue weighted by molar-refractivity contribution is 0.123. The molecular weight excluding hydrogens is 254 g/mol. The largest absolute Gasteiger partial charge is 0.435 e.